The second-order valence-electron chi connectivity index (χ2n) is 9.16. The molecule has 2 aliphatic rings. The fraction of sp³-hybridized carbons (Fsp3) is 0.519. The Balaban J connectivity index is 1.48. The third-order valence-corrected chi connectivity index (χ3v) is 6.89. The lowest BCUT2D eigenvalue weighted by molar-refractivity contribution is -0.134. The molecule has 3 atom stereocenters. The molecule has 3 nitrogen and oxygen atoms in total. The number of amides is 1. The van der Waals surface area contributed by atoms with Crippen molar-refractivity contribution >= 4 is 5.91 Å². The van der Waals surface area contributed by atoms with Gasteiger partial charge in [-0.1, -0.05) is 61.9 Å². The molecular formula is C27H35NO2. The van der Waals surface area contributed by atoms with Crippen LogP contribution in [0.2, 0.25) is 0 Å². The summed E-state index contributed by atoms with van der Waals surface area (Å²) < 4.78 is 6.51. The van der Waals surface area contributed by atoms with E-state index in [4.69, 9.17) is 4.74 Å². The first-order valence-corrected chi connectivity index (χ1v) is 11.7. The van der Waals surface area contributed by atoms with E-state index in [1.54, 1.807) is 0 Å². The quantitative estimate of drug-likeness (QED) is 0.541. The minimum atomic E-state index is 0.0902. The van der Waals surface area contributed by atoms with Gasteiger partial charge in [-0.2, -0.15) is 0 Å². The van der Waals surface area contributed by atoms with Crippen LogP contribution in [0.5, 0.6) is 5.75 Å². The van der Waals surface area contributed by atoms with Crippen molar-refractivity contribution < 1.29 is 9.53 Å². The zero-order valence-corrected chi connectivity index (χ0v) is 18.4. The number of ether oxygens (including phenoxy) is 1. The first-order valence-electron chi connectivity index (χ1n) is 11.7. The molecule has 0 N–H and O–H groups in total. The van der Waals surface area contributed by atoms with E-state index < -0.39 is 0 Å². The van der Waals surface area contributed by atoms with Crippen LogP contribution >= 0.6 is 0 Å². The summed E-state index contributed by atoms with van der Waals surface area (Å²) >= 11 is 0. The summed E-state index contributed by atoms with van der Waals surface area (Å²) in [6.45, 7) is 5.88. The molecule has 1 saturated carbocycles. The van der Waals surface area contributed by atoms with E-state index in [1.165, 1.54) is 31.2 Å². The van der Waals surface area contributed by atoms with Crippen LogP contribution in [0.3, 0.4) is 0 Å². The number of hydrogen-bond donors (Lipinski definition) is 0. The maximum absolute atomic E-state index is 13.2. The lowest BCUT2D eigenvalue weighted by atomic mass is 9.86. The van der Waals surface area contributed by atoms with Gasteiger partial charge in [0.1, 0.15) is 11.9 Å². The van der Waals surface area contributed by atoms with Gasteiger partial charge in [-0.15, -0.1) is 0 Å². The van der Waals surface area contributed by atoms with Gasteiger partial charge in [-0.05, 0) is 55.2 Å². The van der Waals surface area contributed by atoms with Gasteiger partial charge in [0, 0.05) is 31.8 Å². The Bertz CT molecular complexity index is 830. The zero-order chi connectivity index (χ0) is 20.9. The summed E-state index contributed by atoms with van der Waals surface area (Å²) in [7, 11) is 0. The van der Waals surface area contributed by atoms with Gasteiger partial charge < -0.3 is 9.64 Å². The minimum Gasteiger partial charge on any atom is -0.489 e. The first kappa shape index (κ1) is 21.0. The van der Waals surface area contributed by atoms with E-state index in [9.17, 15) is 4.79 Å². The molecular weight excluding hydrogens is 370 g/mol. The van der Waals surface area contributed by atoms with Crippen LogP contribution in [0.25, 0.3) is 0 Å². The van der Waals surface area contributed by atoms with Crippen LogP contribution < -0.4 is 4.74 Å². The largest absolute Gasteiger partial charge is 0.489 e. The number of benzene rings is 2. The molecule has 1 amide bonds. The van der Waals surface area contributed by atoms with Crippen molar-refractivity contribution in [2.75, 3.05) is 13.1 Å². The maximum Gasteiger partial charge on any atom is 0.222 e. The number of likely N-dealkylation sites (tertiary alicyclic amines) is 1. The fourth-order valence-corrected chi connectivity index (χ4v) is 4.97. The molecule has 1 aliphatic heterocycles. The van der Waals surface area contributed by atoms with E-state index in [2.05, 4.69) is 61.2 Å². The van der Waals surface area contributed by atoms with Crippen molar-refractivity contribution in [2.45, 2.75) is 64.4 Å². The molecule has 1 heterocycles. The Morgan fingerprint density at radius 3 is 2.50 bits per heavy atom. The Labute approximate surface area is 181 Å². The predicted molar refractivity (Wildman–Crippen MR) is 122 cm³/mol. The smallest absolute Gasteiger partial charge is 0.222 e. The van der Waals surface area contributed by atoms with Crippen molar-refractivity contribution in [3.63, 3.8) is 0 Å². The van der Waals surface area contributed by atoms with Crippen molar-refractivity contribution in [1.82, 2.24) is 4.90 Å². The molecule has 0 radical (unpaired) electrons. The van der Waals surface area contributed by atoms with E-state index >= 15 is 0 Å². The summed E-state index contributed by atoms with van der Waals surface area (Å²) in [6.07, 6.45) is 6.68. The standard InChI is InChI=1S/C27H35NO2/c1-3-9-23(21-14-15-21)18-27(29)28-17-16-26(30-25-13-8-7-10-20(25)2)24(19-28)22-11-5-4-6-12-22/h4-8,10-13,21,23-24,26H,3,9,14-19H2,1-2H3. The number of nitrogens with zero attached hydrogens (tertiary/aromatic N) is 1. The second kappa shape index (κ2) is 9.68. The molecule has 4 rings (SSSR count). The summed E-state index contributed by atoms with van der Waals surface area (Å²) in [5, 5.41) is 0. The third-order valence-electron chi connectivity index (χ3n) is 6.89. The Morgan fingerprint density at radius 1 is 1.07 bits per heavy atom. The van der Waals surface area contributed by atoms with Gasteiger partial charge in [0.05, 0.1) is 0 Å². The van der Waals surface area contributed by atoms with Crippen LogP contribution in [0.1, 0.15) is 62.5 Å². The molecule has 3 heteroatoms. The maximum atomic E-state index is 13.2. The van der Waals surface area contributed by atoms with Crippen molar-refractivity contribution in [2.24, 2.45) is 11.8 Å². The van der Waals surface area contributed by atoms with Crippen LogP contribution in [0.4, 0.5) is 0 Å². The summed E-state index contributed by atoms with van der Waals surface area (Å²) in [4.78, 5) is 15.3. The molecule has 3 unspecified atom stereocenters. The molecule has 2 aromatic carbocycles. The number of carbonyl (C=O) groups excluding carboxylic acids is 1. The molecule has 30 heavy (non-hydrogen) atoms. The number of para-hydroxylation sites is 1. The number of aryl methyl sites for hydroxylation is 1. The summed E-state index contributed by atoms with van der Waals surface area (Å²) in [6, 6.07) is 18.8. The van der Waals surface area contributed by atoms with Gasteiger partial charge in [0.25, 0.3) is 0 Å². The highest BCUT2D eigenvalue weighted by Crippen LogP contribution is 2.41. The normalized spacial score (nSPS) is 22.5. The molecule has 2 aromatic rings. The molecule has 160 valence electrons. The van der Waals surface area contributed by atoms with Crippen LogP contribution in [-0.4, -0.2) is 30.0 Å². The lowest BCUT2D eigenvalue weighted by Crippen LogP contribution is -2.47. The van der Waals surface area contributed by atoms with Crippen molar-refractivity contribution in [3.05, 3.63) is 65.7 Å². The molecule has 0 bridgehead atoms. The SMILES string of the molecule is CCCC(CC(=O)N1CCC(Oc2ccccc2C)C(c2ccccc2)C1)C1CC1. The van der Waals surface area contributed by atoms with Gasteiger partial charge in [0.15, 0.2) is 0 Å². The van der Waals surface area contributed by atoms with E-state index in [1.807, 2.05) is 12.1 Å². The molecule has 0 aromatic heterocycles. The molecule has 2 fully saturated rings. The highest BCUT2D eigenvalue weighted by atomic mass is 16.5. The number of carbonyl (C=O) groups is 1. The van der Waals surface area contributed by atoms with Gasteiger partial charge in [-0.3, -0.25) is 4.79 Å². The average Bonchev–Trinajstić information content (AvgIpc) is 3.61. The minimum absolute atomic E-state index is 0.0902. The lowest BCUT2D eigenvalue weighted by Gasteiger charge is -2.39. The average molecular weight is 406 g/mol. The predicted octanol–water partition coefficient (Wildman–Crippen LogP) is 5.97. The third kappa shape index (κ3) is 5.06. The molecule has 1 saturated heterocycles. The Morgan fingerprint density at radius 2 is 1.80 bits per heavy atom. The number of rotatable bonds is 8. The van der Waals surface area contributed by atoms with Crippen molar-refractivity contribution in [3.8, 4) is 5.75 Å². The number of hydrogen-bond acceptors (Lipinski definition) is 2. The Kier molecular flexibility index (Phi) is 6.76. The molecule has 1 aliphatic carbocycles. The highest BCUT2D eigenvalue weighted by molar-refractivity contribution is 5.76. The van der Waals surface area contributed by atoms with Gasteiger partial charge in [0.2, 0.25) is 5.91 Å². The van der Waals surface area contributed by atoms with Gasteiger partial charge in [-0.25, -0.2) is 0 Å². The zero-order valence-electron chi connectivity index (χ0n) is 18.4. The highest BCUT2D eigenvalue weighted by Gasteiger charge is 2.37. The van der Waals surface area contributed by atoms with Gasteiger partial charge >= 0.3 is 0 Å². The number of piperidine rings is 1. The Hall–Kier alpha value is -2.29. The summed E-state index contributed by atoms with van der Waals surface area (Å²) in [5.74, 6) is 2.88. The van der Waals surface area contributed by atoms with Crippen molar-refractivity contribution in [1.29, 1.82) is 0 Å². The van der Waals surface area contributed by atoms with E-state index in [-0.39, 0.29) is 12.0 Å². The molecule has 0 spiro atoms. The van der Waals surface area contributed by atoms with Crippen LogP contribution in [0.15, 0.2) is 54.6 Å². The second-order valence-corrected chi connectivity index (χ2v) is 9.16. The van der Waals surface area contributed by atoms with Crippen LogP contribution in [-0.2, 0) is 4.79 Å². The topological polar surface area (TPSA) is 29.5 Å². The van der Waals surface area contributed by atoms with E-state index in [0.29, 0.717) is 11.8 Å². The monoisotopic (exact) mass is 405 g/mol. The summed E-state index contributed by atoms with van der Waals surface area (Å²) in [5.41, 5.74) is 2.43. The van der Waals surface area contributed by atoms with E-state index in [0.717, 1.165) is 43.2 Å². The van der Waals surface area contributed by atoms with Crippen LogP contribution in [0, 0.1) is 18.8 Å². The first-order chi connectivity index (χ1) is 14.7. The fourth-order valence-electron chi connectivity index (χ4n) is 4.97.